The lowest BCUT2D eigenvalue weighted by Gasteiger charge is -2.23. The van der Waals surface area contributed by atoms with Gasteiger partial charge in [0.15, 0.2) is 5.71 Å². The number of anilines is 3. The molecule has 5 aromatic carbocycles. The number of ketones is 1. The van der Waals surface area contributed by atoms with Crippen LogP contribution in [-0.2, 0) is 20.2 Å². The summed E-state index contributed by atoms with van der Waals surface area (Å²) >= 11 is 0. The van der Waals surface area contributed by atoms with E-state index in [9.17, 15) is 40.3 Å². The SMILES string of the molecule is CCN(C(=O)c1ccc(N/N=C2/C(=O)c3c(NC(=O)c4ccccc4)ccc(S(=O)(=O)O)c3C=C2S(=O)(=O)O)cc1)c1cccc2ccccc12. The van der Waals surface area contributed by atoms with Crippen molar-refractivity contribution in [3.63, 3.8) is 0 Å². The monoisotopic (exact) mass is 724 g/mol. The highest BCUT2D eigenvalue weighted by molar-refractivity contribution is 7.91. The maximum Gasteiger partial charge on any atom is 0.296 e. The van der Waals surface area contributed by atoms with Crippen LogP contribution in [0.15, 0.2) is 124 Å². The van der Waals surface area contributed by atoms with Crippen molar-refractivity contribution in [3.8, 4) is 0 Å². The molecule has 1 aliphatic carbocycles. The summed E-state index contributed by atoms with van der Waals surface area (Å²) in [6, 6.07) is 29.1. The number of allylic oxidation sites excluding steroid dienone is 1. The van der Waals surface area contributed by atoms with Gasteiger partial charge in [-0.05, 0) is 73.0 Å². The van der Waals surface area contributed by atoms with Gasteiger partial charge in [-0.1, -0.05) is 54.6 Å². The van der Waals surface area contributed by atoms with Gasteiger partial charge in [-0.25, -0.2) is 0 Å². The average Bonchev–Trinajstić information content (AvgIpc) is 3.11. The van der Waals surface area contributed by atoms with Crippen LogP contribution in [-0.4, -0.2) is 55.8 Å². The number of nitrogens with one attached hydrogen (secondary N) is 2. The van der Waals surface area contributed by atoms with E-state index in [1.54, 1.807) is 23.1 Å². The number of nitrogens with zero attached hydrogens (tertiary/aromatic N) is 2. The molecule has 51 heavy (non-hydrogen) atoms. The third kappa shape index (κ3) is 7.04. The van der Waals surface area contributed by atoms with E-state index in [-0.39, 0.29) is 22.8 Å². The first kappa shape index (κ1) is 34.8. The van der Waals surface area contributed by atoms with Gasteiger partial charge in [0.2, 0.25) is 5.78 Å². The van der Waals surface area contributed by atoms with Crippen LogP contribution in [0.2, 0.25) is 0 Å². The van der Waals surface area contributed by atoms with Gasteiger partial charge in [-0.15, -0.1) is 0 Å². The second-order valence-electron chi connectivity index (χ2n) is 11.2. The van der Waals surface area contributed by atoms with Gasteiger partial charge in [0, 0.05) is 28.6 Å². The van der Waals surface area contributed by atoms with Gasteiger partial charge in [-0.3, -0.25) is 28.9 Å². The van der Waals surface area contributed by atoms with E-state index in [0.29, 0.717) is 18.2 Å². The predicted octanol–water partition coefficient (Wildman–Crippen LogP) is 5.90. The van der Waals surface area contributed by atoms with E-state index in [2.05, 4.69) is 15.8 Å². The minimum atomic E-state index is -5.21. The number of carbonyl (C=O) groups excluding carboxylic acids is 3. The molecule has 5 aromatic rings. The molecule has 1 aliphatic rings. The summed E-state index contributed by atoms with van der Waals surface area (Å²) in [4.78, 5) is 40.2. The Morgan fingerprint density at radius 2 is 1.43 bits per heavy atom. The number of hydrogen-bond donors (Lipinski definition) is 4. The molecule has 0 fully saturated rings. The first-order valence-electron chi connectivity index (χ1n) is 15.3. The van der Waals surface area contributed by atoms with Crippen molar-refractivity contribution in [2.45, 2.75) is 11.8 Å². The fourth-order valence-corrected chi connectivity index (χ4v) is 6.99. The number of fused-ring (bicyclic) bond motifs is 2. The van der Waals surface area contributed by atoms with Crippen LogP contribution in [0.5, 0.6) is 0 Å². The Morgan fingerprint density at radius 1 is 0.765 bits per heavy atom. The first-order chi connectivity index (χ1) is 24.3. The van der Waals surface area contributed by atoms with Gasteiger partial charge >= 0.3 is 0 Å². The highest BCUT2D eigenvalue weighted by Crippen LogP contribution is 2.35. The summed E-state index contributed by atoms with van der Waals surface area (Å²) < 4.78 is 69.4. The van der Waals surface area contributed by atoms with Crippen molar-refractivity contribution in [3.05, 3.63) is 136 Å². The van der Waals surface area contributed by atoms with Gasteiger partial charge in [0.25, 0.3) is 32.1 Å². The third-order valence-corrected chi connectivity index (χ3v) is 9.82. The van der Waals surface area contributed by atoms with E-state index in [0.717, 1.165) is 28.6 Å². The van der Waals surface area contributed by atoms with Crippen molar-refractivity contribution < 1.29 is 40.3 Å². The average molecular weight is 725 g/mol. The molecule has 0 heterocycles. The lowest BCUT2D eigenvalue weighted by Crippen LogP contribution is -2.30. The zero-order chi connectivity index (χ0) is 36.5. The topological polar surface area (TPSA) is 200 Å². The van der Waals surface area contributed by atoms with E-state index in [4.69, 9.17) is 0 Å². The smallest absolute Gasteiger partial charge is 0.296 e. The molecule has 0 radical (unpaired) electrons. The van der Waals surface area contributed by atoms with Gasteiger partial charge < -0.3 is 10.2 Å². The second-order valence-corrected chi connectivity index (χ2v) is 14.0. The minimum absolute atomic E-state index is 0.194. The van der Waals surface area contributed by atoms with Crippen molar-refractivity contribution >= 4 is 77.5 Å². The maximum absolute atomic E-state index is 13.9. The molecular weight excluding hydrogens is 697 g/mol. The number of rotatable bonds is 9. The molecule has 0 aromatic heterocycles. The molecule has 0 aliphatic heterocycles. The van der Waals surface area contributed by atoms with Gasteiger partial charge in [0.1, 0.15) is 9.80 Å². The van der Waals surface area contributed by atoms with E-state index in [1.807, 2.05) is 49.4 Å². The highest BCUT2D eigenvalue weighted by Gasteiger charge is 2.37. The van der Waals surface area contributed by atoms with E-state index < -0.39 is 58.6 Å². The Hall–Kier alpha value is -6.00. The van der Waals surface area contributed by atoms with Crippen LogP contribution >= 0.6 is 0 Å². The molecule has 4 N–H and O–H groups in total. The molecule has 0 atom stereocenters. The molecule has 6 rings (SSSR count). The molecule has 0 spiro atoms. The fraction of sp³-hybridized carbons (Fsp3) is 0.0556. The molecule has 0 unspecified atom stereocenters. The van der Waals surface area contributed by atoms with Crippen LogP contribution in [0, 0.1) is 0 Å². The summed E-state index contributed by atoms with van der Waals surface area (Å²) in [5, 5.41) is 8.33. The summed E-state index contributed by atoms with van der Waals surface area (Å²) in [5.74, 6) is -2.16. The summed E-state index contributed by atoms with van der Waals surface area (Å²) in [6.45, 7) is 2.23. The zero-order valence-corrected chi connectivity index (χ0v) is 28.3. The summed E-state index contributed by atoms with van der Waals surface area (Å²) in [7, 11) is -10.2. The van der Waals surface area contributed by atoms with Crippen LogP contribution in [0.25, 0.3) is 16.8 Å². The van der Waals surface area contributed by atoms with Crippen LogP contribution in [0.4, 0.5) is 17.1 Å². The standard InChI is InChI=1S/C36H28N4O9S2/c1-2-40(29-14-8-12-22-9-6-7-13-26(22)29)36(43)24-15-17-25(18-16-24)38-39-33-31(51(47,48)49)21-27-30(50(44,45)46)20-19-28(32(27)34(33)41)37-35(42)23-10-4-3-5-11-23/h3-21,38H,2H2,1H3,(H,37,42)(H,44,45,46)(H,47,48,49)/b39-33+. The zero-order valence-electron chi connectivity index (χ0n) is 26.6. The Morgan fingerprint density at radius 3 is 2.10 bits per heavy atom. The molecule has 13 nitrogen and oxygen atoms in total. The molecule has 0 bridgehead atoms. The lowest BCUT2D eigenvalue weighted by molar-refractivity contribution is 0.0986. The summed E-state index contributed by atoms with van der Waals surface area (Å²) in [6.07, 6.45) is 0.669. The molecular formula is C36H28N4O9S2. The normalized spacial score (nSPS) is 13.7. The predicted molar refractivity (Wildman–Crippen MR) is 193 cm³/mol. The molecule has 2 amide bonds. The van der Waals surface area contributed by atoms with Crippen LogP contribution in [0.1, 0.15) is 43.6 Å². The van der Waals surface area contributed by atoms with Crippen molar-refractivity contribution in [1.29, 1.82) is 0 Å². The molecule has 258 valence electrons. The van der Waals surface area contributed by atoms with Gasteiger partial charge in [0.05, 0.1) is 22.6 Å². The lowest BCUT2D eigenvalue weighted by atomic mass is 9.92. The number of benzene rings is 5. The van der Waals surface area contributed by atoms with Crippen LogP contribution < -0.4 is 15.6 Å². The molecule has 15 heteroatoms. The Balaban J connectivity index is 1.34. The Bertz CT molecular complexity index is 2510. The summed E-state index contributed by atoms with van der Waals surface area (Å²) in [5.41, 5.74) is 1.84. The number of hydrogen-bond acceptors (Lipinski definition) is 9. The largest absolute Gasteiger partial charge is 0.321 e. The van der Waals surface area contributed by atoms with Crippen molar-refractivity contribution in [1.82, 2.24) is 0 Å². The highest BCUT2D eigenvalue weighted by atomic mass is 32.2. The van der Waals surface area contributed by atoms with Gasteiger partial charge in [-0.2, -0.15) is 21.9 Å². The molecule has 0 saturated heterocycles. The van der Waals surface area contributed by atoms with Crippen molar-refractivity contribution in [2.24, 2.45) is 5.10 Å². The Kier molecular flexibility index (Phi) is 9.38. The maximum atomic E-state index is 13.9. The first-order valence-corrected chi connectivity index (χ1v) is 18.1. The minimum Gasteiger partial charge on any atom is -0.321 e. The number of Topliss-reactive ketones (excluding diaryl/α,β-unsaturated/α-hetero) is 1. The van der Waals surface area contributed by atoms with E-state index >= 15 is 0 Å². The number of amides is 2. The fourth-order valence-electron chi connectivity index (χ4n) is 5.66. The second kappa shape index (κ2) is 13.7. The Labute approximate surface area is 292 Å². The third-order valence-electron chi connectivity index (χ3n) is 8.04. The van der Waals surface area contributed by atoms with Crippen LogP contribution in [0.3, 0.4) is 0 Å². The quantitative estimate of drug-likeness (QED) is 0.105. The number of carbonyl (C=O) groups is 3. The number of hydrazone groups is 1. The molecule has 0 saturated carbocycles. The van der Waals surface area contributed by atoms with Crippen molar-refractivity contribution in [2.75, 3.05) is 22.2 Å². The van der Waals surface area contributed by atoms with E-state index in [1.165, 1.54) is 36.4 Å².